The lowest BCUT2D eigenvalue weighted by atomic mass is 10.3. The molecule has 0 atom stereocenters. The summed E-state index contributed by atoms with van der Waals surface area (Å²) in [6.07, 6.45) is 1.82. The van der Waals surface area contributed by atoms with Crippen LogP contribution in [0.4, 0.5) is 0 Å². The molecule has 17 heavy (non-hydrogen) atoms. The predicted octanol–water partition coefficient (Wildman–Crippen LogP) is 1.35. The van der Waals surface area contributed by atoms with Crippen LogP contribution in [-0.4, -0.2) is 28.1 Å². The lowest BCUT2D eigenvalue weighted by Crippen LogP contribution is -1.99. The third kappa shape index (κ3) is 11.6. The Morgan fingerprint density at radius 2 is 1.53 bits per heavy atom. The Balaban J connectivity index is 0. The second-order valence-electron chi connectivity index (χ2n) is 2.83. The SMILES string of the molecule is C=C(C)C(=O)O.C=CC(=O)OC=C(C)C(=O)O. The molecule has 0 aliphatic heterocycles. The summed E-state index contributed by atoms with van der Waals surface area (Å²) < 4.78 is 4.31. The van der Waals surface area contributed by atoms with E-state index in [4.69, 9.17) is 10.2 Å². The van der Waals surface area contributed by atoms with Gasteiger partial charge in [0, 0.05) is 11.6 Å². The number of aliphatic carboxylic acids is 2. The minimum absolute atomic E-state index is 0.0415. The molecule has 0 bridgehead atoms. The molecule has 0 saturated heterocycles. The van der Waals surface area contributed by atoms with Crippen molar-refractivity contribution < 1.29 is 29.3 Å². The standard InChI is InChI=1S/C7H8O4.C4H6O2/c1-3-6(8)11-4-5(2)7(9)10;1-3(2)4(5)6/h3-4H,1H2,2H3,(H,9,10);1H2,2H3,(H,5,6). The van der Waals surface area contributed by atoms with E-state index in [1.165, 1.54) is 13.8 Å². The van der Waals surface area contributed by atoms with Gasteiger partial charge in [0.25, 0.3) is 0 Å². The van der Waals surface area contributed by atoms with Crippen molar-refractivity contribution in [3.05, 3.63) is 36.6 Å². The van der Waals surface area contributed by atoms with Crippen LogP contribution < -0.4 is 0 Å². The molecule has 94 valence electrons. The number of ether oxygens (including phenoxy) is 1. The first kappa shape index (κ1) is 17.0. The van der Waals surface area contributed by atoms with Gasteiger partial charge in [-0.1, -0.05) is 13.2 Å². The molecular formula is C11H14O6. The van der Waals surface area contributed by atoms with Crippen molar-refractivity contribution in [3.63, 3.8) is 0 Å². The highest BCUT2D eigenvalue weighted by Crippen LogP contribution is 1.92. The van der Waals surface area contributed by atoms with Crippen LogP contribution in [0.3, 0.4) is 0 Å². The van der Waals surface area contributed by atoms with Crippen molar-refractivity contribution in [3.8, 4) is 0 Å². The summed E-state index contributed by atoms with van der Waals surface area (Å²) in [7, 11) is 0. The Bertz CT molecular complexity index is 352. The molecule has 0 heterocycles. The zero-order chi connectivity index (χ0) is 14.0. The topological polar surface area (TPSA) is 101 Å². The third-order valence-corrected chi connectivity index (χ3v) is 1.22. The molecule has 0 unspecified atom stereocenters. The van der Waals surface area contributed by atoms with Crippen molar-refractivity contribution >= 4 is 17.9 Å². The number of rotatable bonds is 4. The van der Waals surface area contributed by atoms with Gasteiger partial charge in [-0.25, -0.2) is 14.4 Å². The summed E-state index contributed by atoms with van der Waals surface area (Å²) in [6.45, 7) is 9.05. The van der Waals surface area contributed by atoms with Crippen molar-refractivity contribution in [1.82, 2.24) is 0 Å². The lowest BCUT2D eigenvalue weighted by molar-refractivity contribution is -0.134. The van der Waals surface area contributed by atoms with E-state index in [0.29, 0.717) is 0 Å². The maximum atomic E-state index is 10.4. The van der Waals surface area contributed by atoms with Crippen LogP contribution in [0, 0.1) is 0 Å². The number of hydrogen-bond donors (Lipinski definition) is 2. The average Bonchev–Trinajstić information content (AvgIpc) is 2.25. The van der Waals surface area contributed by atoms with Gasteiger partial charge in [-0.15, -0.1) is 0 Å². The van der Waals surface area contributed by atoms with E-state index in [1.54, 1.807) is 0 Å². The number of esters is 1. The highest BCUT2D eigenvalue weighted by atomic mass is 16.5. The number of carbonyl (C=O) groups is 3. The van der Waals surface area contributed by atoms with Crippen molar-refractivity contribution in [2.75, 3.05) is 0 Å². The number of carboxylic acids is 2. The predicted molar refractivity (Wildman–Crippen MR) is 60.1 cm³/mol. The van der Waals surface area contributed by atoms with E-state index in [0.717, 1.165) is 12.3 Å². The van der Waals surface area contributed by atoms with Gasteiger partial charge in [0.05, 0.1) is 5.57 Å². The van der Waals surface area contributed by atoms with Crippen LogP contribution in [0.2, 0.25) is 0 Å². The van der Waals surface area contributed by atoms with Gasteiger partial charge in [0.15, 0.2) is 0 Å². The minimum Gasteiger partial charge on any atom is -0.478 e. The fraction of sp³-hybridized carbons (Fsp3) is 0.182. The first-order chi connectivity index (χ1) is 7.72. The second kappa shape index (κ2) is 8.90. The highest BCUT2D eigenvalue weighted by Gasteiger charge is 2.00. The van der Waals surface area contributed by atoms with Crippen LogP contribution in [0.5, 0.6) is 0 Å². The Kier molecular flexibility index (Phi) is 8.92. The van der Waals surface area contributed by atoms with Gasteiger partial charge >= 0.3 is 17.9 Å². The Labute approximate surface area is 98.5 Å². The molecule has 0 radical (unpaired) electrons. The van der Waals surface area contributed by atoms with Gasteiger partial charge in [-0.05, 0) is 13.8 Å². The Hall–Kier alpha value is -2.37. The monoisotopic (exact) mass is 242 g/mol. The summed E-state index contributed by atoms with van der Waals surface area (Å²) in [5.74, 6) is -2.73. The van der Waals surface area contributed by atoms with Crippen molar-refractivity contribution in [2.24, 2.45) is 0 Å². The van der Waals surface area contributed by atoms with E-state index in [-0.39, 0.29) is 11.1 Å². The molecule has 0 aliphatic rings. The molecule has 0 aromatic heterocycles. The van der Waals surface area contributed by atoms with Crippen LogP contribution in [-0.2, 0) is 19.1 Å². The maximum Gasteiger partial charge on any atom is 0.334 e. The highest BCUT2D eigenvalue weighted by molar-refractivity contribution is 5.87. The van der Waals surface area contributed by atoms with E-state index < -0.39 is 17.9 Å². The second-order valence-corrected chi connectivity index (χ2v) is 2.83. The normalized spacial score (nSPS) is 9.41. The van der Waals surface area contributed by atoms with E-state index in [1.807, 2.05) is 0 Å². The summed E-state index contributed by atoms with van der Waals surface area (Å²) in [5, 5.41) is 16.2. The van der Waals surface area contributed by atoms with Crippen LogP contribution >= 0.6 is 0 Å². The fourth-order valence-electron chi connectivity index (χ4n) is 0.245. The molecule has 0 aromatic rings. The molecular weight excluding hydrogens is 228 g/mol. The Morgan fingerprint density at radius 3 is 1.76 bits per heavy atom. The van der Waals surface area contributed by atoms with Crippen molar-refractivity contribution in [2.45, 2.75) is 13.8 Å². The van der Waals surface area contributed by atoms with E-state index >= 15 is 0 Å². The van der Waals surface area contributed by atoms with Gasteiger partial charge in [-0.2, -0.15) is 0 Å². The molecule has 0 amide bonds. The van der Waals surface area contributed by atoms with Crippen LogP contribution in [0.1, 0.15) is 13.8 Å². The van der Waals surface area contributed by atoms with Gasteiger partial charge in [0.1, 0.15) is 6.26 Å². The zero-order valence-electron chi connectivity index (χ0n) is 9.60. The molecule has 0 saturated carbocycles. The molecule has 0 rings (SSSR count). The number of hydrogen-bond acceptors (Lipinski definition) is 4. The smallest absolute Gasteiger partial charge is 0.334 e. The third-order valence-electron chi connectivity index (χ3n) is 1.22. The van der Waals surface area contributed by atoms with E-state index in [2.05, 4.69) is 17.9 Å². The number of carbonyl (C=O) groups excluding carboxylic acids is 1. The molecule has 6 nitrogen and oxygen atoms in total. The quantitative estimate of drug-likeness (QED) is 0.438. The molecule has 0 aliphatic carbocycles. The summed E-state index contributed by atoms with van der Waals surface area (Å²) in [5.41, 5.74) is 0.134. The average molecular weight is 242 g/mol. The van der Waals surface area contributed by atoms with Crippen LogP contribution in [0.25, 0.3) is 0 Å². The van der Waals surface area contributed by atoms with Gasteiger partial charge in [0.2, 0.25) is 0 Å². The largest absolute Gasteiger partial charge is 0.478 e. The maximum absolute atomic E-state index is 10.4. The summed E-state index contributed by atoms with van der Waals surface area (Å²) >= 11 is 0. The minimum atomic E-state index is -1.12. The van der Waals surface area contributed by atoms with Crippen molar-refractivity contribution in [1.29, 1.82) is 0 Å². The van der Waals surface area contributed by atoms with Gasteiger partial charge in [-0.3, -0.25) is 0 Å². The summed E-state index contributed by atoms with van der Waals surface area (Å²) in [4.78, 5) is 30.1. The first-order valence-corrected chi connectivity index (χ1v) is 4.34. The molecule has 0 spiro atoms. The lowest BCUT2D eigenvalue weighted by Gasteiger charge is -1.93. The molecule has 0 fully saturated rings. The van der Waals surface area contributed by atoms with Gasteiger partial charge < -0.3 is 14.9 Å². The zero-order valence-corrected chi connectivity index (χ0v) is 9.60. The molecule has 6 heteroatoms. The first-order valence-electron chi connectivity index (χ1n) is 4.34. The molecule has 0 aromatic carbocycles. The van der Waals surface area contributed by atoms with E-state index in [9.17, 15) is 14.4 Å². The Morgan fingerprint density at radius 1 is 1.12 bits per heavy atom. The fourth-order valence-corrected chi connectivity index (χ4v) is 0.245. The summed E-state index contributed by atoms with van der Waals surface area (Å²) in [6, 6.07) is 0. The molecule has 2 N–H and O–H groups in total. The van der Waals surface area contributed by atoms with Crippen LogP contribution in [0.15, 0.2) is 36.6 Å². The number of carboxylic acid groups (broad SMARTS) is 2.